The summed E-state index contributed by atoms with van der Waals surface area (Å²) < 4.78 is 52.3. The molecule has 1 amide bonds. The Kier molecular flexibility index (Phi) is 3.84. The van der Waals surface area contributed by atoms with Gasteiger partial charge in [-0.2, -0.15) is 13.2 Å². The van der Waals surface area contributed by atoms with Crippen molar-refractivity contribution in [2.45, 2.75) is 19.3 Å². The molecule has 1 aromatic rings. The van der Waals surface area contributed by atoms with Crippen molar-refractivity contribution in [2.75, 3.05) is 6.54 Å². The molecule has 0 saturated carbocycles. The Morgan fingerprint density at radius 1 is 1.62 bits per heavy atom. The molecule has 1 aromatic heterocycles. The number of carbonyl (C=O) groups excluding carboxylic acids is 1. The summed E-state index contributed by atoms with van der Waals surface area (Å²) in [4.78, 5) is 11.3. The molecule has 16 heavy (non-hydrogen) atoms. The summed E-state index contributed by atoms with van der Waals surface area (Å²) >= 11 is 0.988. The number of nitrogens with zero attached hydrogens (tertiary/aromatic N) is 1. The minimum absolute atomic E-state index is 0.120. The lowest BCUT2D eigenvalue weighted by Crippen LogP contribution is -2.41. The van der Waals surface area contributed by atoms with Gasteiger partial charge in [0.25, 0.3) is 5.91 Å². The SMILES string of the molecule is Cc1nscc1C(=O)NCC(F)(F)C(F)F. The molecule has 0 saturated heterocycles. The monoisotopic (exact) mass is 256 g/mol. The maximum absolute atomic E-state index is 12.5. The summed E-state index contributed by atoms with van der Waals surface area (Å²) in [5, 5.41) is 3.11. The Morgan fingerprint density at radius 3 is 2.69 bits per heavy atom. The van der Waals surface area contributed by atoms with Crippen molar-refractivity contribution in [3.8, 4) is 0 Å². The first-order valence-electron chi connectivity index (χ1n) is 4.19. The van der Waals surface area contributed by atoms with Crippen LogP contribution >= 0.6 is 11.5 Å². The highest BCUT2D eigenvalue weighted by Crippen LogP contribution is 2.21. The van der Waals surface area contributed by atoms with Gasteiger partial charge in [-0.1, -0.05) is 0 Å². The molecule has 0 radical (unpaired) electrons. The van der Waals surface area contributed by atoms with Gasteiger partial charge >= 0.3 is 12.3 Å². The summed E-state index contributed by atoms with van der Waals surface area (Å²) in [5.74, 6) is -5.04. The number of hydrogen-bond donors (Lipinski definition) is 1. The fraction of sp³-hybridized carbons (Fsp3) is 0.500. The van der Waals surface area contributed by atoms with Crippen LogP contribution in [0.3, 0.4) is 0 Å². The van der Waals surface area contributed by atoms with Crippen molar-refractivity contribution >= 4 is 17.4 Å². The highest BCUT2D eigenvalue weighted by atomic mass is 32.1. The van der Waals surface area contributed by atoms with Crippen molar-refractivity contribution in [2.24, 2.45) is 0 Å². The molecular weight excluding hydrogens is 248 g/mol. The van der Waals surface area contributed by atoms with Crippen molar-refractivity contribution < 1.29 is 22.4 Å². The molecule has 0 bridgehead atoms. The van der Waals surface area contributed by atoms with E-state index < -0.39 is 24.8 Å². The Bertz CT molecular complexity index is 380. The Morgan fingerprint density at radius 2 is 2.25 bits per heavy atom. The van der Waals surface area contributed by atoms with E-state index in [4.69, 9.17) is 0 Å². The molecule has 0 fully saturated rings. The predicted molar refractivity (Wildman–Crippen MR) is 50.1 cm³/mol. The fourth-order valence-electron chi connectivity index (χ4n) is 0.881. The van der Waals surface area contributed by atoms with E-state index in [2.05, 4.69) is 4.37 Å². The zero-order valence-electron chi connectivity index (χ0n) is 8.14. The van der Waals surface area contributed by atoms with Crippen molar-refractivity contribution in [1.82, 2.24) is 9.69 Å². The number of amides is 1. The second-order valence-electron chi connectivity index (χ2n) is 3.06. The molecule has 90 valence electrons. The quantitative estimate of drug-likeness (QED) is 0.838. The average Bonchev–Trinajstić information content (AvgIpc) is 2.61. The summed E-state index contributed by atoms with van der Waals surface area (Å²) in [6.45, 7) is 0.134. The first-order valence-corrected chi connectivity index (χ1v) is 5.03. The lowest BCUT2D eigenvalue weighted by Gasteiger charge is -2.15. The number of aromatic nitrogens is 1. The summed E-state index contributed by atoms with van der Waals surface area (Å²) in [7, 11) is 0. The van der Waals surface area contributed by atoms with E-state index in [1.54, 1.807) is 5.32 Å². The van der Waals surface area contributed by atoms with Gasteiger partial charge in [-0.3, -0.25) is 4.79 Å². The second kappa shape index (κ2) is 4.77. The molecule has 1 heterocycles. The van der Waals surface area contributed by atoms with E-state index in [1.165, 1.54) is 12.3 Å². The molecule has 0 spiro atoms. The van der Waals surface area contributed by atoms with Crippen LogP contribution in [0.15, 0.2) is 5.38 Å². The van der Waals surface area contributed by atoms with Crippen LogP contribution in [0.25, 0.3) is 0 Å². The van der Waals surface area contributed by atoms with Gasteiger partial charge in [0.1, 0.15) is 0 Å². The molecule has 0 atom stereocenters. The Hall–Kier alpha value is -1.18. The number of nitrogens with one attached hydrogen (secondary N) is 1. The Balaban J connectivity index is 2.58. The van der Waals surface area contributed by atoms with E-state index in [1.807, 2.05) is 0 Å². The van der Waals surface area contributed by atoms with Crippen LogP contribution in [-0.4, -0.2) is 29.2 Å². The molecule has 0 unspecified atom stereocenters. The van der Waals surface area contributed by atoms with Gasteiger partial charge in [0.05, 0.1) is 17.8 Å². The van der Waals surface area contributed by atoms with Crippen LogP contribution < -0.4 is 5.32 Å². The van der Waals surface area contributed by atoms with Crippen molar-refractivity contribution in [3.63, 3.8) is 0 Å². The third-order valence-electron chi connectivity index (χ3n) is 1.80. The summed E-state index contributed by atoms with van der Waals surface area (Å²) in [6.07, 6.45) is -3.80. The third kappa shape index (κ3) is 2.91. The van der Waals surface area contributed by atoms with Crippen LogP contribution in [0.4, 0.5) is 17.6 Å². The van der Waals surface area contributed by atoms with Crippen LogP contribution in [0.1, 0.15) is 16.1 Å². The molecule has 1 N–H and O–H groups in total. The number of carbonyl (C=O) groups is 1. The highest BCUT2D eigenvalue weighted by molar-refractivity contribution is 7.03. The van der Waals surface area contributed by atoms with Crippen molar-refractivity contribution in [3.05, 3.63) is 16.6 Å². The second-order valence-corrected chi connectivity index (χ2v) is 3.69. The Labute approximate surface area is 92.6 Å². The number of alkyl halides is 4. The smallest absolute Gasteiger partial charge is 0.324 e. The van der Waals surface area contributed by atoms with Crippen molar-refractivity contribution in [1.29, 1.82) is 0 Å². The van der Waals surface area contributed by atoms with Gasteiger partial charge in [-0.15, -0.1) is 0 Å². The van der Waals surface area contributed by atoms with Gasteiger partial charge in [0.15, 0.2) is 0 Å². The maximum Gasteiger partial charge on any atom is 0.324 e. The average molecular weight is 256 g/mol. The lowest BCUT2D eigenvalue weighted by molar-refractivity contribution is -0.123. The molecule has 3 nitrogen and oxygen atoms in total. The minimum Gasteiger partial charge on any atom is -0.346 e. The number of rotatable bonds is 4. The van der Waals surface area contributed by atoms with Crippen LogP contribution in [0.5, 0.6) is 0 Å². The van der Waals surface area contributed by atoms with E-state index in [-0.39, 0.29) is 5.56 Å². The van der Waals surface area contributed by atoms with Gasteiger partial charge < -0.3 is 5.32 Å². The third-order valence-corrected chi connectivity index (χ3v) is 2.52. The van der Waals surface area contributed by atoms with Gasteiger partial charge in [0.2, 0.25) is 0 Å². The maximum atomic E-state index is 12.5. The molecular formula is C8H8F4N2OS. The zero-order valence-corrected chi connectivity index (χ0v) is 8.95. The van der Waals surface area contributed by atoms with E-state index in [0.717, 1.165) is 11.5 Å². The van der Waals surface area contributed by atoms with E-state index in [0.29, 0.717) is 5.69 Å². The van der Waals surface area contributed by atoms with Gasteiger partial charge in [0, 0.05) is 5.38 Å². The molecule has 0 aliphatic rings. The summed E-state index contributed by atoms with van der Waals surface area (Å²) in [6, 6.07) is 0. The molecule has 8 heteroatoms. The molecule has 0 aliphatic heterocycles. The normalized spacial score (nSPS) is 11.9. The number of hydrogen-bond acceptors (Lipinski definition) is 3. The lowest BCUT2D eigenvalue weighted by atomic mass is 10.2. The first-order chi connectivity index (χ1) is 7.34. The first kappa shape index (κ1) is 12.9. The highest BCUT2D eigenvalue weighted by Gasteiger charge is 2.40. The van der Waals surface area contributed by atoms with Crippen LogP contribution in [0.2, 0.25) is 0 Å². The zero-order chi connectivity index (χ0) is 12.3. The standard InChI is InChI=1S/C8H8F4N2OS/c1-4-5(2-16-14-4)6(15)13-3-8(11,12)7(9)10/h2,7H,3H2,1H3,(H,13,15). The molecule has 0 aliphatic carbocycles. The number of aryl methyl sites for hydroxylation is 1. The van der Waals surface area contributed by atoms with E-state index in [9.17, 15) is 22.4 Å². The molecule has 1 rings (SSSR count). The largest absolute Gasteiger partial charge is 0.346 e. The van der Waals surface area contributed by atoms with Crippen LogP contribution in [-0.2, 0) is 0 Å². The topological polar surface area (TPSA) is 42.0 Å². The van der Waals surface area contributed by atoms with Gasteiger partial charge in [-0.05, 0) is 18.5 Å². The predicted octanol–water partition coefficient (Wildman–Crippen LogP) is 2.08. The van der Waals surface area contributed by atoms with E-state index >= 15 is 0 Å². The van der Waals surface area contributed by atoms with Crippen LogP contribution in [0, 0.1) is 6.92 Å². The number of halogens is 4. The molecule has 0 aromatic carbocycles. The minimum atomic E-state index is -4.22. The fourth-order valence-corrected chi connectivity index (χ4v) is 1.57. The van der Waals surface area contributed by atoms with Gasteiger partial charge in [-0.25, -0.2) is 8.78 Å². The summed E-state index contributed by atoms with van der Waals surface area (Å²) in [5.41, 5.74) is 0.498.